The predicted molar refractivity (Wildman–Crippen MR) is 61.3 cm³/mol. The summed E-state index contributed by atoms with van der Waals surface area (Å²) in [5.41, 5.74) is 0. The van der Waals surface area contributed by atoms with Gasteiger partial charge < -0.3 is 5.32 Å². The number of fused-ring (bicyclic) bond motifs is 1. The summed E-state index contributed by atoms with van der Waals surface area (Å²) < 4.78 is 0. The summed E-state index contributed by atoms with van der Waals surface area (Å²) in [5, 5.41) is 3.50. The van der Waals surface area contributed by atoms with Crippen molar-refractivity contribution in [1.82, 2.24) is 5.32 Å². The molecule has 0 aromatic heterocycles. The van der Waals surface area contributed by atoms with Gasteiger partial charge in [-0.2, -0.15) is 0 Å². The highest BCUT2D eigenvalue weighted by molar-refractivity contribution is 5.06. The lowest BCUT2D eigenvalue weighted by molar-refractivity contribution is 0.340. The van der Waals surface area contributed by atoms with Crippen molar-refractivity contribution in [1.29, 1.82) is 0 Å². The number of rotatable bonds is 6. The molecule has 1 saturated heterocycles. The highest BCUT2D eigenvalue weighted by Gasteiger charge is 2.55. The van der Waals surface area contributed by atoms with Gasteiger partial charge in [-0.3, -0.25) is 0 Å². The topological polar surface area (TPSA) is 12.0 Å². The van der Waals surface area contributed by atoms with E-state index in [-0.39, 0.29) is 0 Å². The van der Waals surface area contributed by atoms with Gasteiger partial charge in [0.2, 0.25) is 0 Å². The number of nitrogens with one attached hydrogen (secondary N) is 1. The van der Waals surface area contributed by atoms with Crippen LogP contribution in [-0.4, -0.2) is 13.1 Å². The third kappa shape index (κ3) is 1.98. The van der Waals surface area contributed by atoms with E-state index in [2.05, 4.69) is 19.2 Å². The van der Waals surface area contributed by atoms with Crippen LogP contribution in [0, 0.1) is 23.7 Å². The summed E-state index contributed by atoms with van der Waals surface area (Å²) in [5.74, 6) is 4.33. The van der Waals surface area contributed by atoms with Gasteiger partial charge in [-0.1, -0.05) is 46.0 Å². The van der Waals surface area contributed by atoms with Crippen LogP contribution in [0.3, 0.4) is 0 Å². The lowest BCUT2D eigenvalue weighted by Gasteiger charge is -2.17. The van der Waals surface area contributed by atoms with Crippen LogP contribution in [0.5, 0.6) is 0 Å². The van der Waals surface area contributed by atoms with Gasteiger partial charge in [0.1, 0.15) is 0 Å². The van der Waals surface area contributed by atoms with E-state index in [1.54, 1.807) is 0 Å². The molecule has 1 aliphatic heterocycles. The Morgan fingerprint density at radius 3 is 2.36 bits per heavy atom. The lowest BCUT2D eigenvalue weighted by Crippen LogP contribution is -2.19. The van der Waals surface area contributed by atoms with Gasteiger partial charge in [0.25, 0.3) is 0 Å². The summed E-state index contributed by atoms with van der Waals surface area (Å²) in [4.78, 5) is 0. The second-order valence-electron chi connectivity index (χ2n) is 5.25. The predicted octanol–water partition coefficient (Wildman–Crippen LogP) is 3.06. The van der Waals surface area contributed by atoms with Crippen molar-refractivity contribution in [3.8, 4) is 0 Å². The highest BCUT2D eigenvalue weighted by Crippen LogP contribution is 2.55. The standard InChI is InChI=1S/C13H25N/c1-3-5-7-10(6-4-2)13-11-8-14-9-12(11)13/h10-14H,3-9H2,1-2H3. The molecule has 1 heteroatoms. The monoisotopic (exact) mass is 195 g/mol. The van der Waals surface area contributed by atoms with Crippen LogP contribution in [-0.2, 0) is 0 Å². The number of piperidine rings is 1. The molecule has 0 aromatic rings. The summed E-state index contributed by atoms with van der Waals surface area (Å²) in [6.07, 6.45) is 7.20. The van der Waals surface area contributed by atoms with E-state index >= 15 is 0 Å². The first-order valence-electron chi connectivity index (χ1n) is 6.59. The van der Waals surface area contributed by atoms with Gasteiger partial charge >= 0.3 is 0 Å². The molecule has 1 nitrogen and oxygen atoms in total. The summed E-state index contributed by atoms with van der Waals surface area (Å²) in [6, 6.07) is 0. The van der Waals surface area contributed by atoms with Crippen molar-refractivity contribution in [3.05, 3.63) is 0 Å². The Kier molecular flexibility index (Phi) is 3.48. The Bertz CT molecular complexity index is 168. The maximum atomic E-state index is 3.50. The number of hydrogen-bond acceptors (Lipinski definition) is 1. The molecule has 0 spiro atoms. The van der Waals surface area contributed by atoms with Crippen molar-refractivity contribution < 1.29 is 0 Å². The summed E-state index contributed by atoms with van der Waals surface area (Å²) >= 11 is 0. The van der Waals surface area contributed by atoms with Crippen molar-refractivity contribution in [2.75, 3.05) is 13.1 Å². The van der Waals surface area contributed by atoms with Crippen LogP contribution < -0.4 is 5.32 Å². The molecule has 0 amide bonds. The average Bonchev–Trinajstić information content (AvgIpc) is 2.68. The van der Waals surface area contributed by atoms with Crippen LogP contribution in [0.25, 0.3) is 0 Å². The maximum absolute atomic E-state index is 3.50. The Labute approximate surface area is 88.7 Å². The van der Waals surface area contributed by atoms with E-state index in [1.807, 2.05) is 0 Å². The largest absolute Gasteiger partial charge is 0.316 e. The fourth-order valence-electron chi connectivity index (χ4n) is 3.53. The van der Waals surface area contributed by atoms with Crippen LogP contribution >= 0.6 is 0 Å². The summed E-state index contributed by atoms with van der Waals surface area (Å²) in [7, 11) is 0. The zero-order valence-corrected chi connectivity index (χ0v) is 9.76. The molecule has 1 aliphatic carbocycles. The van der Waals surface area contributed by atoms with Gasteiger partial charge in [0.05, 0.1) is 0 Å². The van der Waals surface area contributed by atoms with E-state index < -0.39 is 0 Å². The van der Waals surface area contributed by atoms with Crippen molar-refractivity contribution >= 4 is 0 Å². The van der Waals surface area contributed by atoms with E-state index in [0.717, 1.165) is 23.7 Å². The Hall–Kier alpha value is -0.0400. The molecule has 1 heterocycles. The lowest BCUT2D eigenvalue weighted by atomic mass is 9.90. The first-order valence-corrected chi connectivity index (χ1v) is 6.59. The van der Waals surface area contributed by atoms with Gasteiger partial charge in [0.15, 0.2) is 0 Å². The van der Waals surface area contributed by atoms with Crippen molar-refractivity contribution in [3.63, 3.8) is 0 Å². The van der Waals surface area contributed by atoms with Crippen molar-refractivity contribution in [2.45, 2.75) is 46.0 Å². The molecule has 0 aromatic carbocycles. The van der Waals surface area contributed by atoms with Gasteiger partial charge in [-0.25, -0.2) is 0 Å². The number of hydrogen-bond donors (Lipinski definition) is 1. The van der Waals surface area contributed by atoms with Gasteiger partial charge in [0, 0.05) is 0 Å². The molecule has 0 bridgehead atoms. The Morgan fingerprint density at radius 1 is 1.07 bits per heavy atom. The van der Waals surface area contributed by atoms with Crippen LogP contribution in [0.2, 0.25) is 0 Å². The molecular formula is C13H25N. The van der Waals surface area contributed by atoms with E-state index in [4.69, 9.17) is 0 Å². The molecule has 2 aliphatic rings. The molecule has 0 radical (unpaired) electrons. The maximum Gasteiger partial charge on any atom is -0.00143 e. The highest BCUT2D eigenvalue weighted by atomic mass is 15.0. The molecule has 1 N–H and O–H groups in total. The second kappa shape index (κ2) is 4.65. The zero-order chi connectivity index (χ0) is 9.97. The Balaban J connectivity index is 1.79. The first-order chi connectivity index (χ1) is 6.88. The normalized spacial score (nSPS) is 36.9. The molecule has 14 heavy (non-hydrogen) atoms. The molecule has 2 rings (SSSR count). The third-order valence-corrected chi connectivity index (χ3v) is 4.29. The molecule has 2 fully saturated rings. The molecule has 1 saturated carbocycles. The summed E-state index contributed by atoms with van der Waals surface area (Å²) in [6.45, 7) is 7.30. The fourth-order valence-corrected chi connectivity index (χ4v) is 3.53. The zero-order valence-electron chi connectivity index (χ0n) is 9.76. The average molecular weight is 195 g/mol. The molecule has 3 unspecified atom stereocenters. The first kappa shape index (κ1) is 10.5. The second-order valence-corrected chi connectivity index (χ2v) is 5.25. The SMILES string of the molecule is CCCCC(CCC)C1C2CNCC21. The van der Waals surface area contributed by atoms with E-state index in [1.165, 1.54) is 45.2 Å². The molecule has 3 atom stereocenters. The van der Waals surface area contributed by atoms with Crippen LogP contribution in [0.15, 0.2) is 0 Å². The van der Waals surface area contributed by atoms with E-state index in [0.29, 0.717) is 0 Å². The smallest absolute Gasteiger partial charge is 0.00143 e. The van der Waals surface area contributed by atoms with Gasteiger partial charge in [-0.05, 0) is 36.8 Å². The van der Waals surface area contributed by atoms with Gasteiger partial charge in [-0.15, -0.1) is 0 Å². The Morgan fingerprint density at radius 2 is 1.79 bits per heavy atom. The third-order valence-electron chi connectivity index (χ3n) is 4.29. The van der Waals surface area contributed by atoms with Crippen LogP contribution in [0.1, 0.15) is 46.0 Å². The van der Waals surface area contributed by atoms with E-state index in [9.17, 15) is 0 Å². The molecule has 82 valence electrons. The minimum Gasteiger partial charge on any atom is -0.316 e. The molecular weight excluding hydrogens is 170 g/mol. The van der Waals surface area contributed by atoms with Crippen LogP contribution in [0.4, 0.5) is 0 Å². The minimum absolute atomic E-state index is 1.07. The quantitative estimate of drug-likeness (QED) is 0.687. The number of unbranched alkanes of at least 4 members (excludes halogenated alkanes) is 1. The fraction of sp³-hybridized carbons (Fsp3) is 1.00. The van der Waals surface area contributed by atoms with Crippen molar-refractivity contribution in [2.24, 2.45) is 23.7 Å². The minimum atomic E-state index is 1.07.